The first-order valence-electron chi connectivity index (χ1n) is 1.79. The van der Waals surface area contributed by atoms with Crippen LogP contribution >= 0.6 is 0 Å². The van der Waals surface area contributed by atoms with Crippen LogP contribution in [-0.4, -0.2) is 11.0 Å². The van der Waals surface area contributed by atoms with E-state index >= 15 is 0 Å². The molecule has 0 bridgehead atoms. The van der Waals surface area contributed by atoms with E-state index in [9.17, 15) is 4.79 Å². The minimum absolute atomic E-state index is 0.0625. The predicted molar refractivity (Wildman–Crippen MR) is 25.6 cm³/mol. The minimum Gasteiger partial charge on any atom is -0.512 e. The van der Waals surface area contributed by atoms with Crippen LogP contribution in [0.25, 0.3) is 0 Å². The lowest BCUT2D eigenvalue weighted by Gasteiger charge is -1.80. The van der Waals surface area contributed by atoms with Gasteiger partial charge in [-0.15, -0.1) is 0 Å². The van der Waals surface area contributed by atoms with Gasteiger partial charge < -0.3 is 10.8 Å². The molecule has 7 heavy (non-hydrogen) atoms. The second-order valence-corrected chi connectivity index (χ2v) is 1.19. The highest BCUT2D eigenvalue weighted by Crippen LogP contribution is 1.79. The van der Waals surface area contributed by atoms with E-state index < -0.39 is 5.91 Å². The Kier molecular flexibility index (Phi) is 1.91. The number of hydrogen-bond acceptors (Lipinski definition) is 2. The molecule has 3 heteroatoms. The zero-order chi connectivity index (χ0) is 5.86. The molecule has 0 aromatic rings. The maximum absolute atomic E-state index is 9.80. The number of aliphatic hydroxyl groups excluding tert-OH is 1. The van der Waals surface area contributed by atoms with E-state index in [0.717, 1.165) is 6.08 Å². The summed E-state index contributed by atoms with van der Waals surface area (Å²) in [5.41, 5.74) is 4.62. The van der Waals surface area contributed by atoms with Crippen LogP contribution in [0.15, 0.2) is 11.8 Å². The van der Waals surface area contributed by atoms with Gasteiger partial charge in [-0.2, -0.15) is 0 Å². The standard InChI is InChI=1S/C4H7NO2/c1-3(6)2-4(5)7/h2,6H,1H3,(H2,5,7)/b3-2-. The fourth-order valence-corrected chi connectivity index (χ4v) is 0.206. The molecule has 1 amide bonds. The van der Waals surface area contributed by atoms with Gasteiger partial charge in [-0.05, 0) is 6.92 Å². The van der Waals surface area contributed by atoms with Gasteiger partial charge >= 0.3 is 0 Å². The number of carbonyl (C=O) groups excluding carboxylic acids is 1. The maximum atomic E-state index is 9.80. The SMILES string of the molecule is C/C(O)=C/C(N)=O. The molecule has 3 nitrogen and oxygen atoms in total. The third kappa shape index (κ3) is 5.01. The molecule has 0 aromatic carbocycles. The van der Waals surface area contributed by atoms with Crippen LogP contribution < -0.4 is 5.73 Å². The predicted octanol–water partition coefficient (Wildman–Crippen LogP) is -0.0665. The first-order valence-corrected chi connectivity index (χ1v) is 1.79. The summed E-state index contributed by atoms with van der Waals surface area (Å²) >= 11 is 0. The zero-order valence-electron chi connectivity index (χ0n) is 4.01. The van der Waals surface area contributed by atoms with Crippen molar-refractivity contribution in [3.63, 3.8) is 0 Å². The lowest BCUT2D eigenvalue weighted by molar-refractivity contribution is -0.113. The van der Waals surface area contributed by atoms with E-state index in [4.69, 9.17) is 5.11 Å². The second-order valence-electron chi connectivity index (χ2n) is 1.19. The average Bonchev–Trinajstić information content (AvgIpc) is 1.27. The second kappa shape index (κ2) is 2.23. The van der Waals surface area contributed by atoms with Crippen LogP contribution in [0.2, 0.25) is 0 Å². The van der Waals surface area contributed by atoms with Gasteiger partial charge in [0.05, 0.1) is 5.76 Å². The van der Waals surface area contributed by atoms with E-state index in [1.807, 2.05) is 0 Å². The van der Waals surface area contributed by atoms with Crippen LogP contribution in [0, 0.1) is 0 Å². The topological polar surface area (TPSA) is 63.3 Å². The Bertz CT molecular complexity index is 102. The molecule has 0 saturated heterocycles. The summed E-state index contributed by atoms with van der Waals surface area (Å²) < 4.78 is 0. The third-order valence-electron chi connectivity index (χ3n) is 0.351. The first-order chi connectivity index (χ1) is 3.13. The zero-order valence-corrected chi connectivity index (χ0v) is 4.01. The Balaban J connectivity index is 3.68. The molecule has 0 aromatic heterocycles. The molecule has 0 aliphatic rings. The third-order valence-corrected chi connectivity index (χ3v) is 0.351. The Morgan fingerprint density at radius 1 is 1.86 bits per heavy atom. The molecule has 0 spiro atoms. The molecular weight excluding hydrogens is 94.0 g/mol. The monoisotopic (exact) mass is 101 g/mol. The lowest BCUT2D eigenvalue weighted by atomic mass is 10.5. The normalized spacial score (nSPS) is 11.3. The van der Waals surface area contributed by atoms with E-state index in [1.54, 1.807) is 0 Å². The molecule has 0 rings (SSSR count). The van der Waals surface area contributed by atoms with Gasteiger partial charge in [0.1, 0.15) is 0 Å². The van der Waals surface area contributed by atoms with Crippen molar-refractivity contribution < 1.29 is 9.90 Å². The fraction of sp³-hybridized carbons (Fsp3) is 0.250. The van der Waals surface area contributed by atoms with Crippen LogP contribution in [-0.2, 0) is 4.79 Å². The van der Waals surface area contributed by atoms with Crippen molar-refractivity contribution in [1.29, 1.82) is 0 Å². The number of amides is 1. The van der Waals surface area contributed by atoms with E-state index in [-0.39, 0.29) is 5.76 Å². The highest BCUT2D eigenvalue weighted by Gasteiger charge is 1.83. The van der Waals surface area contributed by atoms with E-state index in [1.165, 1.54) is 6.92 Å². The van der Waals surface area contributed by atoms with Crippen LogP contribution in [0.3, 0.4) is 0 Å². The molecule has 0 heterocycles. The maximum Gasteiger partial charge on any atom is 0.244 e. The summed E-state index contributed by atoms with van der Waals surface area (Å²) in [5, 5.41) is 8.28. The molecule has 0 unspecified atom stereocenters. The molecule has 0 saturated carbocycles. The fourth-order valence-electron chi connectivity index (χ4n) is 0.206. The van der Waals surface area contributed by atoms with Gasteiger partial charge in [0.25, 0.3) is 0 Å². The summed E-state index contributed by atoms with van der Waals surface area (Å²) in [6, 6.07) is 0. The Morgan fingerprint density at radius 3 is 2.29 bits per heavy atom. The van der Waals surface area contributed by atoms with Gasteiger partial charge in [0.2, 0.25) is 5.91 Å². The Hall–Kier alpha value is -0.990. The number of primary amides is 1. The summed E-state index contributed by atoms with van der Waals surface area (Å²) in [5.74, 6) is -0.687. The lowest BCUT2D eigenvalue weighted by Crippen LogP contribution is -2.06. The Labute approximate surface area is 41.4 Å². The molecule has 0 fully saturated rings. The van der Waals surface area contributed by atoms with Gasteiger partial charge in [-0.25, -0.2) is 0 Å². The summed E-state index contributed by atoms with van der Waals surface area (Å²) in [6.45, 7) is 1.38. The van der Waals surface area contributed by atoms with E-state index in [2.05, 4.69) is 5.73 Å². The highest BCUT2D eigenvalue weighted by molar-refractivity contribution is 5.85. The van der Waals surface area contributed by atoms with E-state index in [0.29, 0.717) is 0 Å². The van der Waals surface area contributed by atoms with Crippen molar-refractivity contribution in [2.75, 3.05) is 0 Å². The summed E-state index contributed by atoms with van der Waals surface area (Å²) in [6.07, 6.45) is 0.944. The first kappa shape index (κ1) is 6.01. The van der Waals surface area contributed by atoms with Gasteiger partial charge in [-0.3, -0.25) is 4.79 Å². The molecule has 0 atom stereocenters. The van der Waals surface area contributed by atoms with Gasteiger partial charge in [0.15, 0.2) is 0 Å². The number of rotatable bonds is 1. The molecule has 40 valence electrons. The summed E-state index contributed by atoms with van der Waals surface area (Å²) in [4.78, 5) is 9.80. The quantitative estimate of drug-likeness (QED) is 0.359. The molecule has 3 N–H and O–H groups in total. The van der Waals surface area contributed by atoms with Crippen molar-refractivity contribution in [3.05, 3.63) is 11.8 Å². The van der Waals surface area contributed by atoms with Gasteiger partial charge in [-0.1, -0.05) is 0 Å². The molecule has 0 radical (unpaired) electrons. The smallest absolute Gasteiger partial charge is 0.244 e. The van der Waals surface area contributed by atoms with Crippen molar-refractivity contribution >= 4 is 5.91 Å². The average molecular weight is 101 g/mol. The molecular formula is C4H7NO2. The van der Waals surface area contributed by atoms with Crippen LogP contribution in [0.1, 0.15) is 6.92 Å². The number of allylic oxidation sites excluding steroid dienone is 1. The number of hydrogen-bond donors (Lipinski definition) is 2. The van der Waals surface area contributed by atoms with Crippen molar-refractivity contribution in [1.82, 2.24) is 0 Å². The molecule has 0 aliphatic carbocycles. The highest BCUT2D eigenvalue weighted by atomic mass is 16.3. The Morgan fingerprint density at radius 2 is 2.29 bits per heavy atom. The van der Waals surface area contributed by atoms with Crippen LogP contribution in [0.5, 0.6) is 0 Å². The summed E-state index contributed by atoms with van der Waals surface area (Å²) in [7, 11) is 0. The van der Waals surface area contributed by atoms with Gasteiger partial charge in [0, 0.05) is 6.08 Å². The largest absolute Gasteiger partial charge is 0.512 e. The van der Waals surface area contributed by atoms with Crippen molar-refractivity contribution in [3.8, 4) is 0 Å². The number of nitrogens with two attached hydrogens (primary N) is 1. The van der Waals surface area contributed by atoms with Crippen molar-refractivity contribution in [2.24, 2.45) is 5.73 Å². The minimum atomic E-state index is -0.625. The van der Waals surface area contributed by atoms with Crippen LogP contribution in [0.4, 0.5) is 0 Å². The van der Waals surface area contributed by atoms with Crippen molar-refractivity contribution in [2.45, 2.75) is 6.92 Å². The number of aliphatic hydroxyl groups is 1. The number of carbonyl (C=O) groups is 1. The molecule has 0 aliphatic heterocycles.